The summed E-state index contributed by atoms with van der Waals surface area (Å²) in [6, 6.07) is 7.27. The van der Waals surface area contributed by atoms with Gasteiger partial charge in [-0.2, -0.15) is 18.3 Å². The molecular weight excluding hydrogens is 373 g/mol. The number of rotatable bonds is 6. The molecule has 0 aliphatic heterocycles. The largest absolute Gasteiger partial charge is 0.435 e. The van der Waals surface area contributed by atoms with Gasteiger partial charge in [-0.15, -0.1) is 0 Å². The van der Waals surface area contributed by atoms with E-state index < -0.39 is 11.9 Å². The Balaban J connectivity index is 1.51. The highest BCUT2D eigenvalue weighted by Gasteiger charge is 2.37. The monoisotopic (exact) mass is 396 g/mol. The van der Waals surface area contributed by atoms with E-state index in [1.807, 2.05) is 32.0 Å². The molecule has 27 heavy (non-hydrogen) atoms. The Kier molecular flexibility index (Phi) is 5.74. The van der Waals surface area contributed by atoms with Crippen molar-refractivity contribution in [3.63, 3.8) is 0 Å². The van der Waals surface area contributed by atoms with E-state index in [0.717, 1.165) is 29.7 Å². The maximum absolute atomic E-state index is 12.9. The molecule has 0 saturated heterocycles. The molecule has 0 radical (unpaired) electrons. The molecule has 3 rings (SSSR count). The van der Waals surface area contributed by atoms with Crippen molar-refractivity contribution in [2.75, 3.05) is 11.9 Å². The standard InChI is InChI=1S/C19H23F3N4S/c1-12-4-5-13(2)15(10-12)24-18(27)23-8-3-9-26-16(14-6-7-14)11-17(25-26)19(20,21)22/h4-5,10-11,14H,3,6-9H2,1-2H3,(H2,23,24,27). The lowest BCUT2D eigenvalue weighted by Gasteiger charge is -2.13. The summed E-state index contributed by atoms with van der Waals surface area (Å²) in [5.41, 5.74) is 3.07. The van der Waals surface area contributed by atoms with E-state index >= 15 is 0 Å². The third kappa shape index (κ3) is 5.22. The van der Waals surface area contributed by atoms with Crippen molar-refractivity contribution < 1.29 is 13.2 Å². The summed E-state index contributed by atoms with van der Waals surface area (Å²) < 4.78 is 40.2. The van der Waals surface area contributed by atoms with Gasteiger partial charge < -0.3 is 10.6 Å². The van der Waals surface area contributed by atoms with Gasteiger partial charge in [0.2, 0.25) is 0 Å². The summed E-state index contributed by atoms with van der Waals surface area (Å²) in [4.78, 5) is 0. The van der Waals surface area contributed by atoms with Crippen molar-refractivity contribution in [1.29, 1.82) is 0 Å². The number of hydrogen-bond donors (Lipinski definition) is 2. The Hall–Kier alpha value is -2.09. The van der Waals surface area contributed by atoms with Crippen LogP contribution in [-0.2, 0) is 12.7 Å². The van der Waals surface area contributed by atoms with Crippen LogP contribution < -0.4 is 10.6 Å². The third-order valence-corrected chi connectivity index (χ3v) is 4.82. The molecule has 1 aliphatic rings. The highest BCUT2D eigenvalue weighted by atomic mass is 32.1. The second-order valence-corrected chi connectivity index (χ2v) is 7.41. The number of thiocarbonyl (C=S) groups is 1. The number of alkyl halides is 3. The normalized spacial score (nSPS) is 14.3. The Morgan fingerprint density at radius 3 is 2.67 bits per heavy atom. The van der Waals surface area contributed by atoms with Crippen LogP contribution in [0, 0.1) is 13.8 Å². The minimum atomic E-state index is -4.40. The van der Waals surface area contributed by atoms with Gasteiger partial charge in [-0.05, 0) is 68.6 Å². The SMILES string of the molecule is Cc1ccc(C)c(NC(=S)NCCCn2nc(C(F)(F)F)cc2C2CC2)c1. The number of hydrogen-bond acceptors (Lipinski definition) is 2. The minimum Gasteiger partial charge on any atom is -0.362 e. The molecule has 8 heteroatoms. The van der Waals surface area contributed by atoms with Crippen LogP contribution in [0.5, 0.6) is 0 Å². The molecule has 1 aliphatic carbocycles. The predicted octanol–water partition coefficient (Wildman–Crippen LogP) is 4.77. The molecule has 1 heterocycles. The molecule has 4 nitrogen and oxygen atoms in total. The zero-order valence-corrected chi connectivity index (χ0v) is 16.2. The first kappa shape index (κ1) is 19.7. The fourth-order valence-corrected chi connectivity index (χ4v) is 3.14. The van der Waals surface area contributed by atoms with Crippen molar-refractivity contribution in [1.82, 2.24) is 15.1 Å². The van der Waals surface area contributed by atoms with E-state index in [1.54, 1.807) is 0 Å². The summed E-state index contributed by atoms with van der Waals surface area (Å²) in [5, 5.41) is 10.5. The van der Waals surface area contributed by atoms with Crippen molar-refractivity contribution >= 4 is 23.0 Å². The first-order valence-electron chi connectivity index (χ1n) is 9.01. The number of halogens is 3. The van der Waals surface area contributed by atoms with E-state index in [2.05, 4.69) is 15.7 Å². The Morgan fingerprint density at radius 2 is 2.00 bits per heavy atom. The van der Waals surface area contributed by atoms with Crippen molar-refractivity contribution in [2.24, 2.45) is 0 Å². The van der Waals surface area contributed by atoms with Crippen molar-refractivity contribution in [3.05, 3.63) is 46.8 Å². The molecule has 1 aromatic carbocycles. The van der Waals surface area contributed by atoms with E-state index in [4.69, 9.17) is 12.2 Å². The molecular formula is C19H23F3N4S. The fourth-order valence-electron chi connectivity index (χ4n) is 2.92. The lowest BCUT2D eigenvalue weighted by Crippen LogP contribution is -2.30. The van der Waals surface area contributed by atoms with E-state index in [0.29, 0.717) is 30.3 Å². The van der Waals surface area contributed by atoms with E-state index in [1.165, 1.54) is 10.7 Å². The maximum Gasteiger partial charge on any atom is 0.435 e. The van der Waals surface area contributed by atoms with Crippen LogP contribution in [0.15, 0.2) is 24.3 Å². The lowest BCUT2D eigenvalue weighted by molar-refractivity contribution is -0.141. The Morgan fingerprint density at radius 1 is 1.26 bits per heavy atom. The van der Waals surface area contributed by atoms with Gasteiger partial charge in [0, 0.05) is 30.4 Å². The Labute approximate surface area is 162 Å². The molecule has 146 valence electrons. The van der Waals surface area contributed by atoms with Gasteiger partial charge in [-0.25, -0.2) is 0 Å². The van der Waals surface area contributed by atoms with Crippen LogP contribution in [0.1, 0.15) is 47.7 Å². The van der Waals surface area contributed by atoms with Crippen LogP contribution in [0.3, 0.4) is 0 Å². The second kappa shape index (κ2) is 7.88. The van der Waals surface area contributed by atoms with Gasteiger partial charge in [0.15, 0.2) is 10.8 Å². The van der Waals surface area contributed by atoms with Crippen LogP contribution in [0.4, 0.5) is 18.9 Å². The minimum absolute atomic E-state index is 0.216. The highest BCUT2D eigenvalue weighted by Crippen LogP contribution is 2.42. The molecule has 0 spiro atoms. The molecule has 0 atom stereocenters. The number of nitrogens with zero attached hydrogens (tertiary/aromatic N) is 2. The second-order valence-electron chi connectivity index (χ2n) is 7.00. The molecule has 0 bridgehead atoms. The molecule has 0 unspecified atom stereocenters. The molecule has 1 saturated carbocycles. The summed E-state index contributed by atoms with van der Waals surface area (Å²) >= 11 is 5.31. The molecule has 2 aromatic rings. The lowest BCUT2D eigenvalue weighted by atomic mass is 10.1. The third-order valence-electron chi connectivity index (χ3n) is 4.57. The first-order valence-corrected chi connectivity index (χ1v) is 9.42. The summed E-state index contributed by atoms with van der Waals surface area (Å²) in [7, 11) is 0. The number of nitrogens with one attached hydrogen (secondary N) is 2. The van der Waals surface area contributed by atoms with Gasteiger partial charge in [-0.3, -0.25) is 4.68 Å². The molecule has 1 aromatic heterocycles. The number of benzene rings is 1. The number of aryl methyl sites for hydroxylation is 3. The average Bonchev–Trinajstić information content (AvgIpc) is 3.33. The van der Waals surface area contributed by atoms with Crippen LogP contribution in [-0.4, -0.2) is 21.4 Å². The smallest absolute Gasteiger partial charge is 0.362 e. The van der Waals surface area contributed by atoms with Crippen LogP contribution in [0.2, 0.25) is 0 Å². The summed E-state index contributed by atoms with van der Waals surface area (Å²) in [6.07, 6.45) is -1.90. The molecule has 0 amide bonds. The zero-order valence-electron chi connectivity index (χ0n) is 15.4. The zero-order chi connectivity index (χ0) is 19.6. The van der Waals surface area contributed by atoms with Crippen LogP contribution in [0.25, 0.3) is 0 Å². The summed E-state index contributed by atoms with van der Waals surface area (Å²) in [5.74, 6) is 0.216. The Bertz CT molecular complexity index is 825. The number of aromatic nitrogens is 2. The van der Waals surface area contributed by atoms with Crippen molar-refractivity contribution in [3.8, 4) is 0 Å². The quantitative estimate of drug-likeness (QED) is 0.545. The van der Waals surface area contributed by atoms with Crippen molar-refractivity contribution in [2.45, 2.75) is 51.7 Å². The van der Waals surface area contributed by atoms with E-state index in [9.17, 15) is 13.2 Å². The van der Waals surface area contributed by atoms with Gasteiger partial charge in [0.25, 0.3) is 0 Å². The van der Waals surface area contributed by atoms with Gasteiger partial charge in [-0.1, -0.05) is 12.1 Å². The van der Waals surface area contributed by atoms with Gasteiger partial charge >= 0.3 is 6.18 Å². The van der Waals surface area contributed by atoms with Crippen LogP contribution >= 0.6 is 12.2 Å². The molecule has 1 fully saturated rings. The first-order chi connectivity index (χ1) is 12.7. The fraction of sp³-hybridized carbons (Fsp3) is 0.474. The number of anilines is 1. The van der Waals surface area contributed by atoms with Gasteiger partial charge in [0.05, 0.1) is 0 Å². The average molecular weight is 396 g/mol. The molecule has 2 N–H and O–H groups in total. The predicted molar refractivity (Wildman–Crippen MR) is 104 cm³/mol. The topological polar surface area (TPSA) is 41.9 Å². The summed E-state index contributed by atoms with van der Waals surface area (Å²) in [6.45, 7) is 5.00. The van der Waals surface area contributed by atoms with Gasteiger partial charge in [0.1, 0.15) is 0 Å². The maximum atomic E-state index is 12.9. The highest BCUT2D eigenvalue weighted by molar-refractivity contribution is 7.80. The van der Waals surface area contributed by atoms with E-state index in [-0.39, 0.29) is 5.92 Å².